The predicted molar refractivity (Wildman–Crippen MR) is 81.9 cm³/mol. The van der Waals surface area contributed by atoms with Crippen molar-refractivity contribution in [1.29, 1.82) is 0 Å². The number of hydrogen-bond donors (Lipinski definition) is 0. The quantitative estimate of drug-likeness (QED) is 0.596. The molecule has 1 heterocycles. The molecule has 0 bridgehead atoms. The molecule has 0 atom stereocenters. The Labute approximate surface area is 130 Å². The van der Waals surface area contributed by atoms with Crippen LogP contribution in [0.1, 0.15) is 6.92 Å². The number of ether oxygens (including phenoxy) is 1. The van der Waals surface area contributed by atoms with Crippen LogP contribution >= 0.6 is 11.3 Å². The molecule has 9 heteroatoms. The number of hydrogen-bond acceptors (Lipinski definition) is 7. The highest BCUT2D eigenvalue weighted by Gasteiger charge is 2.18. The van der Waals surface area contributed by atoms with Crippen molar-refractivity contribution in [3.63, 3.8) is 0 Å². The lowest BCUT2D eigenvalue weighted by Crippen LogP contribution is -2.31. The molecule has 116 valence electrons. The molecule has 0 spiro atoms. The van der Waals surface area contributed by atoms with E-state index in [4.69, 9.17) is 4.74 Å². The molecule has 0 fully saturated rings. The number of methoxy groups -OCH3 is 1. The van der Waals surface area contributed by atoms with Gasteiger partial charge in [-0.1, -0.05) is 23.5 Å². The van der Waals surface area contributed by atoms with E-state index < -0.39 is 4.92 Å². The van der Waals surface area contributed by atoms with Crippen molar-refractivity contribution in [2.75, 3.05) is 25.2 Å². The van der Waals surface area contributed by atoms with E-state index in [0.29, 0.717) is 28.9 Å². The summed E-state index contributed by atoms with van der Waals surface area (Å²) in [4.78, 5) is 23.5. The first-order valence-corrected chi connectivity index (χ1v) is 7.20. The first-order valence-electron chi connectivity index (χ1n) is 6.38. The lowest BCUT2D eigenvalue weighted by Gasteiger charge is -2.16. The largest absolute Gasteiger partial charge is 0.383 e. The summed E-state index contributed by atoms with van der Waals surface area (Å²) in [7, 11) is 1.55. The van der Waals surface area contributed by atoms with Gasteiger partial charge in [0.05, 0.1) is 18.1 Å². The number of amides is 1. The average Bonchev–Trinajstić information content (AvgIpc) is 2.97. The summed E-state index contributed by atoms with van der Waals surface area (Å²) in [5.74, 6) is -0.168. The Morgan fingerprint density at radius 1 is 1.45 bits per heavy atom. The SMILES string of the molecule is COCCN(C(C)=O)c1nnc(-c2cccc([N+](=O)[O-])c2)s1. The Morgan fingerprint density at radius 3 is 2.86 bits per heavy atom. The van der Waals surface area contributed by atoms with Crippen molar-refractivity contribution in [3.8, 4) is 10.6 Å². The van der Waals surface area contributed by atoms with Gasteiger partial charge < -0.3 is 4.74 Å². The number of nitrogens with zero attached hydrogens (tertiary/aromatic N) is 4. The van der Waals surface area contributed by atoms with Gasteiger partial charge in [0.25, 0.3) is 5.69 Å². The number of nitro groups is 1. The second-order valence-corrected chi connectivity index (χ2v) is 5.32. The maximum Gasteiger partial charge on any atom is 0.270 e. The van der Waals surface area contributed by atoms with Gasteiger partial charge >= 0.3 is 0 Å². The van der Waals surface area contributed by atoms with Crippen LogP contribution in [0.2, 0.25) is 0 Å². The molecule has 0 aliphatic rings. The van der Waals surface area contributed by atoms with Gasteiger partial charge in [0.15, 0.2) is 0 Å². The van der Waals surface area contributed by atoms with E-state index in [2.05, 4.69) is 10.2 Å². The van der Waals surface area contributed by atoms with E-state index in [-0.39, 0.29) is 11.6 Å². The van der Waals surface area contributed by atoms with Gasteiger partial charge in [-0.3, -0.25) is 19.8 Å². The molecule has 0 aliphatic heterocycles. The summed E-state index contributed by atoms with van der Waals surface area (Å²) >= 11 is 1.20. The van der Waals surface area contributed by atoms with Crippen LogP contribution in [0.5, 0.6) is 0 Å². The summed E-state index contributed by atoms with van der Waals surface area (Å²) in [5.41, 5.74) is 0.574. The van der Waals surface area contributed by atoms with Crippen LogP contribution in [-0.2, 0) is 9.53 Å². The molecular weight excluding hydrogens is 308 g/mol. The number of carbonyl (C=O) groups is 1. The second kappa shape index (κ2) is 7.05. The lowest BCUT2D eigenvalue weighted by molar-refractivity contribution is -0.384. The molecule has 0 saturated carbocycles. The van der Waals surface area contributed by atoms with Gasteiger partial charge in [-0.05, 0) is 0 Å². The molecule has 1 amide bonds. The van der Waals surface area contributed by atoms with Crippen molar-refractivity contribution >= 4 is 28.1 Å². The van der Waals surface area contributed by atoms with Crippen LogP contribution in [0.4, 0.5) is 10.8 Å². The van der Waals surface area contributed by atoms with E-state index in [1.165, 1.54) is 35.3 Å². The molecule has 22 heavy (non-hydrogen) atoms. The molecule has 0 unspecified atom stereocenters. The van der Waals surface area contributed by atoms with E-state index in [9.17, 15) is 14.9 Å². The summed E-state index contributed by atoms with van der Waals surface area (Å²) in [6.07, 6.45) is 0. The van der Waals surface area contributed by atoms with Gasteiger partial charge in [0.1, 0.15) is 5.01 Å². The lowest BCUT2D eigenvalue weighted by atomic mass is 10.2. The molecule has 2 aromatic rings. The molecule has 8 nitrogen and oxygen atoms in total. The van der Waals surface area contributed by atoms with Crippen LogP contribution in [0.3, 0.4) is 0 Å². The third kappa shape index (κ3) is 3.62. The zero-order chi connectivity index (χ0) is 16.1. The van der Waals surface area contributed by atoms with Crippen LogP contribution < -0.4 is 4.90 Å². The molecule has 2 rings (SSSR count). The molecule has 0 N–H and O–H groups in total. The summed E-state index contributed by atoms with van der Waals surface area (Å²) < 4.78 is 4.97. The summed E-state index contributed by atoms with van der Waals surface area (Å²) in [6, 6.07) is 6.14. The first kappa shape index (κ1) is 16.0. The van der Waals surface area contributed by atoms with Gasteiger partial charge in [-0.2, -0.15) is 0 Å². The van der Waals surface area contributed by atoms with Crippen molar-refractivity contribution in [3.05, 3.63) is 34.4 Å². The maximum absolute atomic E-state index is 11.7. The molecule has 0 aliphatic carbocycles. The third-order valence-electron chi connectivity index (χ3n) is 2.85. The van der Waals surface area contributed by atoms with Gasteiger partial charge in [-0.15, -0.1) is 10.2 Å². The molecular formula is C13H14N4O4S. The van der Waals surface area contributed by atoms with E-state index >= 15 is 0 Å². The Bertz CT molecular complexity index is 688. The number of aromatic nitrogens is 2. The normalized spacial score (nSPS) is 10.5. The predicted octanol–water partition coefficient (Wildman–Crippen LogP) is 2.11. The smallest absolute Gasteiger partial charge is 0.270 e. The van der Waals surface area contributed by atoms with Gasteiger partial charge in [0.2, 0.25) is 11.0 Å². The monoisotopic (exact) mass is 322 g/mol. The number of benzene rings is 1. The van der Waals surface area contributed by atoms with E-state index in [1.807, 2.05) is 0 Å². The Morgan fingerprint density at radius 2 is 2.23 bits per heavy atom. The number of anilines is 1. The van der Waals surface area contributed by atoms with Crippen LogP contribution in [0, 0.1) is 10.1 Å². The Hall–Kier alpha value is -2.39. The van der Waals surface area contributed by atoms with Gasteiger partial charge in [0, 0.05) is 31.7 Å². The van der Waals surface area contributed by atoms with Crippen LogP contribution in [-0.4, -0.2) is 41.3 Å². The zero-order valence-corrected chi connectivity index (χ0v) is 12.9. The fourth-order valence-electron chi connectivity index (χ4n) is 1.76. The minimum atomic E-state index is -0.466. The highest BCUT2D eigenvalue weighted by Crippen LogP contribution is 2.30. The second-order valence-electron chi connectivity index (χ2n) is 4.36. The molecule has 0 saturated heterocycles. The first-order chi connectivity index (χ1) is 10.5. The highest BCUT2D eigenvalue weighted by atomic mass is 32.1. The Kier molecular flexibility index (Phi) is 5.12. The van der Waals surface area contributed by atoms with E-state index in [1.54, 1.807) is 19.2 Å². The zero-order valence-electron chi connectivity index (χ0n) is 12.1. The van der Waals surface area contributed by atoms with Crippen LogP contribution in [0.25, 0.3) is 10.6 Å². The number of carbonyl (C=O) groups excluding carboxylic acids is 1. The number of nitro benzene ring substituents is 1. The standard InChI is InChI=1S/C13H14N4O4S/c1-9(18)16(6-7-21-2)13-15-14-12(22-13)10-4-3-5-11(8-10)17(19)20/h3-5,8H,6-7H2,1-2H3. The molecule has 0 radical (unpaired) electrons. The van der Waals surface area contributed by atoms with Crippen molar-refractivity contribution in [2.24, 2.45) is 0 Å². The van der Waals surface area contributed by atoms with Crippen LogP contribution in [0.15, 0.2) is 24.3 Å². The minimum Gasteiger partial charge on any atom is -0.383 e. The van der Waals surface area contributed by atoms with Crippen molar-refractivity contribution in [2.45, 2.75) is 6.92 Å². The molecule has 1 aromatic heterocycles. The Balaban J connectivity index is 2.28. The number of non-ortho nitro benzene ring substituents is 1. The summed E-state index contributed by atoms with van der Waals surface area (Å²) in [5, 5.41) is 19.8. The van der Waals surface area contributed by atoms with Gasteiger partial charge in [-0.25, -0.2) is 0 Å². The van der Waals surface area contributed by atoms with E-state index in [0.717, 1.165) is 0 Å². The highest BCUT2D eigenvalue weighted by molar-refractivity contribution is 7.18. The summed E-state index contributed by atoms with van der Waals surface area (Å²) in [6.45, 7) is 2.19. The third-order valence-corrected chi connectivity index (χ3v) is 3.84. The molecule has 1 aromatic carbocycles. The maximum atomic E-state index is 11.7. The van der Waals surface area contributed by atoms with Crippen molar-refractivity contribution < 1.29 is 14.5 Å². The number of rotatable bonds is 6. The fraction of sp³-hybridized carbons (Fsp3) is 0.308. The fourth-order valence-corrected chi connectivity index (χ4v) is 2.68. The average molecular weight is 322 g/mol. The minimum absolute atomic E-state index is 0.0166. The van der Waals surface area contributed by atoms with Crippen molar-refractivity contribution in [1.82, 2.24) is 10.2 Å². The topological polar surface area (TPSA) is 98.5 Å².